The minimum absolute atomic E-state index is 0.123. The summed E-state index contributed by atoms with van der Waals surface area (Å²) in [4.78, 5) is 24.9. The van der Waals surface area contributed by atoms with Gasteiger partial charge in [-0.2, -0.15) is 0 Å². The van der Waals surface area contributed by atoms with Crippen LogP contribution in [0.5, 0.6) is 0 Å². The van der Waals surface area contributed by atoms with Crippen LogP contribution in [0.2, 0.25) is 0 Å². The monoisotopic (exact) mass is 506 g/mol. The molecule has 0 amide bonds. The predicted molar refractivity (Wildman–Crippen MR) is 138 cm³/mol. The van der Waals surface area contributed by atoms with E-state index in [1.54, 1.807) is 48.5 Å². The molecular formula is C26H26N4O5S. The van der Waals surface area contributed by atoms with Crippen LogP contribution in [0.3, 0.4) is 0 Å². The highest BCUT2D eigenvalue weighted by Gasteiger charge is 2.32. The number of carboxylic acids is 1. The summed E-state index contributed by atoms with van der Waals surface area (Å²) in [6.07, 6.45) is 1.70. The first-order valence-corrected chi connectivity index (χ1v) is 13.3. The zero-order valence-electron chi connectivity index (χ0n) is 19.9. The number of hydrogen-bond donors (Lipinski definition) is 1. The third-order valence-electron chi connectivity index (χ3n) is 5.99. The van der Waals surface area contributed by atoms with E-state index in [1.807, 2.05) is 24.3 Å². The van der Waals surface area contributed by atoms with Gasteiger partial charge in [-0.15, -0.1) is 5.10 Å². The molecule has 0 radical (unpaired) electrons. The van der Waals surface area contributed by atoms with Gasteiger partial charge < -0.3 is 5.11 Å². The number of aromatic nitrogens is 3. The second kappa shape index (κ2) is 10.3. The maximum absolute atomic E-state index is 12.7. The summed E-state index contributed by atoms with van der Waals surface area (Å²) in [6, 6.07) is 20.0. The molecule has 36 heavy (non-hydrogen) atoms. The van der Waals surface area contributed by atoms with Gasteiger partial charge in [-0.3, -0.25) is 9.10 Å². The molecule has 9 nitrogen and oxygen atoms in total. The Morgan fingerprint density at radius 1 is 1.00 bits per heavy atom. The van der Waals surface area contributed by atoms with E-state index in [0.29, 0.717) is 10.9 Å². The van der Waals surface area contributed by atoms with Gasteiger partial charge in [0.1, 0.15) is 11.6 Å². The molecule has 3 aromatic carbocycles. The van der Waals surface area contributed by atoms with Crippen molar-refractivity contribution in [3.8, 4) is 11.1 Å². The molecule has 1 unspecified atom stereocenters. The minimum atomic E-state index is -3.97. The van der Waals surface area contributed by atoms with Gasteiger partial charge >= 0.3 is 5.97 Å². The second-order valence-electron chi connectivity index (χ2n) is 8.43. The van der Waals surface area contributed by atoms with Gasteiger partial charge in [0.15, 0.2) is 0 Å². The van der Waals surface area contributed by atoms with Crippen LogP contribution in [-0.2, 0) is 27.8 Å². The lowest BCUT2D eigenvalue weighted by Gasteiger charge is -2.29. The van der Waals surface area contributed by atoms with Crippen LogP contribution in [0, 0.1) is 0 Å². The highest BCUT2D eigenvalue weighted by Crippen LogP contribution is 2.27. The number of fused-ring (bicyclic) bond motifs is 1. The van der Waals surface area contributed by atoms with Crippen LogP contribution in [0.1, 0.15) is 18.9 Å². The van der Waals surface area contributed by atoms with Gasteiger partial charge in [0, 0.05) is 6.54 Å². The minimum Gasteiger partial charge on any atom is -0.480 e. The number of carbonyl (C=O) groups is 1. The molecule has 4 aromatic rings. The molecule has 186 valence electrons. The molecule has 1 atom stereocenters. The lowest BCUT2D eigenvalue weighted by molar-refractivity contribution is -0.138. The van der Waals surface area contributed by atoms with Gasteiger partial charge in [0.25, 0.3) is 5.56 Å². The van der Waals surface area contributed by atoms with Crippen molar-refractivity contribution in [2.45, 2.75) is 32.4 Å². The molecule has 10 heteroatoms. The zero-order valence-corrected chi connectivity index (χ0v) is 20.7. The number of benzene rings is 3. The number of aryl methyl sites for hydroxylation is 2. The van der Waals surface area contributed by atoms with Crippen molar-refractivity contribution >= 4 is 32.6 Å². The van der Waals surface area contributed by atoms with Gasteiger partial charge in [0.2, 0.25) is 10.0 Å². The molecule has 0 aliphatic carbocycles. The van der Waals surface area contributed by atoms with E-state index in [9.17, 15) is 23.1 Å². The van der Waals surface area contributed by atoms with E-state index >= 15 is 0 Å². The van der Waals surface area contributed by atoms with E-state index in [1.165, 1.54) is 5.56 Å². The number of aliphatic carboxylic acids is 1. The Hall–Kier alpha value is -4.05. The third kappa shape index (κ3) is 5.28. The number of nitrogens with zero attached hydrogens (tertiary/aromatic N) is 4. The van der Waals surface area contributed by atoms with Crippen molar-refractivity contribution in [1.82, 2.24) is 15.0 Å². The molecule has 1 aromatic heterocycles. The fourth-order valence-corrected chi connectivity index (χ4v) is 5.25. The summed E-state index contributed by atoms with van der Waals surface area (Å²) in [7, 11) is -3.97. The molecule has 0 fully saturated rings. The Morgan fingerprint density at radius 3 is 2.19 bits per heavy atom. The standard InChI is InChI=1S/C26H26N4O5S/c1-3-18-8-10-19(11-9-18)20-12-14-21(15-13-20)30(36(2,34)35)24(26(32)33)16-17-29-25(31)22-6-4-5-7-23(22)27-28-29/h4-15,24H,3,16-17H2,1-2H3,(H,32,33). The molecule has 0 saturated heterocycles. The van der Waals surface area contributed by atoms with Crippen molar-refractivity contribution in [1.29, 1.82) is 0 Å². The van der Waals surface area contributed by atoms with Crippen molar-refractivity contribution in [2.24, 2.45) is 0 Å². The predicted octanol–water partition coefficient (Wildman–Crippen LogP) is 3.33. The molecule has 4 rings (SSSR count). The first-order chi connectivity index (χ1) is 17.2. The first-order valence-electron chi connectivity index (χ1n) is 11.4. The van der Waals surface area contributed by atoms with Crippen LogP contribution in [0.25, 0.3) is 22.0 Å². The maximum Gasteiger partial charge on any atom is 0.327 e. The van der Waals surface area contributed by atoms with E-state index in [4.69, 9.17) is 0 Å². The SMILES string of the molecule is CCc1ccc(-c2ccc(N(C(CCn3nnc4ccccc4c3=O)C(=O)O)S(C)(=O)=O)cc2)cc1. The smallest absolute Gasteiger partial charge is 0.327 e. The lowest BCUT2D eigenvalue weighted by atomic mass is 10.0. The van der Waals surface area contributed by atoms with E-state index in [2.05, 4.69) is 17.2 Å². The normalized spacial score (nSPS) is 12.4. The molecule has 1 N–H and O–H groups in total. The topological polar surface area (TPSA) is 122 Å². The van der Waals surface area contributed by atoms with Crippen LogP contribution in [-0.4, -0.2) is 46.8 Å². The Kier molecular flexibility index (Phi) is 7.16. The Labute approximate surface area is 208 Å². The molecule has 0 spiro atoms. The third-order valence-corrected chi connectivity index (χ3v) is 7.17. The number of anilines is 1. The van der Waals surface area contributed by atoms with Crippen LogP contribution >= 0.6 is 0 Å². The Morgan fingerprint density at radius 2 is 1.61 bits per heavy atom. The van der Waals surface area contributed by atoms with Crippen molar-refractivity contribution in [2.75, 3.05) is 10.6 Å². The fourth-order valence-electron chi connectivity index (χ4n) is 4.09. The molecule has 0 saturated carbocycles. The first kappa shape index (κ1) is 25.1. The molecular weight excluding hydrogens is 480 g/mol. The van der Waals surface area contributed by atoms with Gasteiger partial charge in [-0.25, -0.2) is 17.9 Å². The van der Waals surface area contributed by atoms with Crippen molar-refractivity contribution < 1.29 is 18.3 Å². The summed E-state index contributed by atoms with van der Waals surface area (Å²) >= 11 is 0. The number of carboxylic acid groups (broad SMARTS) is 1. The number of rotatable bonds is 9. The van der Waals surface area contributed by atoms with E-state index < -0.39 is 27.6 Å². The van der Waals surface area contributed by atoms with Crippen LogP contribution in [0.4, 0.5) is 5.69 Å². The average Bonchev–Trinajstić information content (AvgIpc) is 2.87. The Balaban J connectivity index is 1.63. The summed E-state index contributed by atoms with van der Waals surface area (Å²) in [6.45, 7) is 1.95. The summed E-state index contributed by atoms with van der Waals surface area (Å²) in [5.74, 6) is -1.33. The molecule has 0 aliphatic rings. The molecule has 0 aliphatic heterocycles. The van der Waals surface area contributed by atoms with E-state index in [-0.39, 0.29) is 18.7 Å². The summed E-state index contributed by atoms with van der Waals surface area (Å²) in [5.41, 5.74) is 3.27. The highest BCUT2D eigenvalue weighted by atomic mass is 32.2. The fraction of sp³-hybridized carbons (Fsp3) is 0.231. The zero-order chi connectivity index (χ0) is 25.9. The number of sulfonamides is 1. The van der Waals surface area contributed by atoms with Crippen molar-refractivity contribution in [3.63, 3.8) is 0 Å². The van der Waals surface area contributed by atoms with Crippen LogP contribution < -0.4 is 9.86 Å². The van der Waals surface area contributed by atoms with E-state index in [0.717, 1.165) is 32.8 Å². The second-order valence-corrected chi connectivity index (χ2v) is 10.3. The highest BCUT2D eigenvalue weighted by molar-refractivity contribution is 7.92. The van der Waals surface area contributed by atoms with Gasteiger partial charge in [0.05, 0.1) is 17.3 Å². The maximum atomic E-state index is 12.7. The van der Waals surface area contributed by atoms with Gasteiger partial charge in [-0.1, -0.05) is 60.7 Å². The largest absolute Gasteiger partial charge is 0.480 e. The van der Waals surface area contributed by atoms with Crippen LogP contribution in [0.15, 0.2) is 77.6 Å². The summed E-state index contributed by atoms with van der Waals surface area (Å²) in [5, 5.41) is 18.2. The molecule has 1 heterocycles. The Bertz CT molecular complexity index is 1550. The lowest BCUT2D eigenvalue weighted by Crippen LogP contribution is -2.46. The van der Waals surface area contributed by atoms with Gasteiger partial charge in [-0.05, 0) is 53.8 Å². The van der Waals surface area contributed by atoms with Crippen molar-refractivity contribution in [3.05, 3.63) is 88.7 Å². The molecule has 0 bridgehead atoms. The average molecular weight is 507 g/mol. The number of hydrogen-bond acceptors (Lipinski definition) is 6. The quantitative estimate of drug-likeness (QED) is 0.369. The summed E-state index contributed by atoms with van der Waals surface area (Å²) < 4.78 is 27.4.